The molecule has 0 bridgehead atoms. The summed E-state index contributed by atoms with van der Waals surface area (Å²) in [5.41, 5.74) is 0. The van der Waals surface area contributed by atoms with Gasteiger partial charge in [-0.1, -0.05) is 0 Å². The molecule has 16 heavy (non-hydrogen) atoms. The van der Waals surface area contributed by atoms with Crippen molar-refractivity contribution in [1.82, 2.24) is 9.88 Å². The number of carboxylic acid groups (broad SMARTS) is 1. The molecular formula is C9H10N2O3S2. The summed E-state index contributed by atoms with van der Waals surface area (Å²) < 4.78 is 0. The lowest BCUT2D eigenvalue weighted by molar-refractivity contribution is -0.140. The molecule has 0 radical (unpaired) electrons. The van der Waals surface area contributed by atoms with Crippen molar-refractivity contribution in [3.8, 4) is 0 Å². The third-order valence-electron chi connectivity index (χ3n) is 2.26. The number of amides is 1. The van der Waals surface area contributed by atoms with Gasteiger partial charge in [0.25, 0.3) is 5.91 Å². The number of carbonyl (C=O) groups is 2. The first kappa shape index (κ1) is 11.4. The normalized spacial score (nSPS) is 20.1. The van der Waals surface area contributed by atoms with E-state index in [4.69, 9.17) is 5.11 Å². The van der Waals surface area contributed by atoms with Gasteiger partial charge in [-0.2, -0.15) is 0 Å². The van der Waals surface area contributed by atoms with Crippen molar-refractivity contribution in [3.63, 3.8) is 0 Å². The van der Waals surface area contributed by atoms with Gasteiger partial charge in [0.05, 0.1) is 17.1 Å². The Hall–Kier alpha value is -1.08. The van der Waals surface area contributed by atoms with Crippen molar-refractivity contribution in [3.05, 3.63) is 16.1 Å². The molecular weight excluding hydrogens is 248 g/mol. The molecule has 7 heteroatoms. The predicted molar refractivity (Wildman–Crippen MR) is 61.8 cm³/mol. The van der Waals surface area contributed by atoms with Crippen LogP contribution in [0.5, 0.6) is 0 Å². The topological polar surface area (TPSA) is 70.5 Å². The number of aromatic nitrogens is 1. The van der Waals surface area contributed by atoms with Gasteiger partial charge in [0.15, 0.2) is 0 Å². The Morgan fingerprint density at radius 2 is 2.38 bits per heavy atom. The van der Waals surface area contributed by atoms with E-state index in [-0.39, 0.29) is 5.91 Å². The predicted octanol–water partition coefficient (Wildman–Crippen LogP) is 1.05. The van der Waals surface area contributed by atoms with Crippen LogP contribution in [0, 0.1) is 6.92 Å². The summed E-state index contributed by atoms with van der Waals surface area (Å²) in [7, 11) is 0. The Bertz CT molecular complexity index is 432. The van der Waals surface area contributed by atoms with Gasteiger partial charge in [-0.15, -0.1) is 23.1 Å². The highest BCUT2D eigenvalue weighted by Gasteiger charge is 2.35. The minimum Gasteiger partial charge on any atom is -0.480 e. The minimum absolute atomic E-state index is 0.233. The zero-order chi connectivity index (χ0) is 11.7. The maximum atomic E-state index is 12.0. The van der Waals surface area contributed by atoms with E-state index in [1.165, 1.54) is 34.2 Å². The molecule has 1 amide bonds. The second-order valence-electron chi connectivity index (χ2n) is 3.37. The third-order valence-corrected chi connectivity index (χ3v) is 4.17. The maximum Gasteiger partial charge on any atom is 0.327 e. The zero-order valence-electron chi connectivity index (χ0n) is 8.54. The summed E-state index contributed by atoms with van der Waals surface area (Å²) in [6.07, 6.45) is 1.50. The first-order valence-electron chi connectivity index (χ1n) is 4.63. The van der Waals surface area contributed by atoms with E-state index in [1.807, 2.05) is 6.92 Å². The molecule has 1 aromatic rings. The summed E-state index contributed by atoms with van der Waals surface area (Å²) in [4.78, 5) is 28.8. The lowest BCUT2D eigenvalue weighted by atomic mass is 10.3. The van der Waals surface area contributed by atoms with Crippen molar-refractivity contribution in [2.24, 2.45) is 0 Å². The summed E-state index contributed by atoms with van der Waals surface area (Å²) in [5, 5.41) is 9.77. The van der Waals surface area contributed by atoms with Crippen LogP contribution in [-0.2, 0) is 4.79 Å². The van der Waals surface area contributed by atoms with Gasteiger partial charge in [0.1, 0.15) is 10.9 Å². The Kier molecular flexibility index (Phi) is 3.15. The van der Waals surface area contributed by atoms with Gasteiger partial charge < -0.3 is 10.0 Å². The number of carbonyl (C=O) groups excluding carboxylic acids is 1. The molecule has 1 aromatic heterocycles. The van der Waals surface area contributed by atoms with Crippen LogP contribution in [0.4, 0.5) is 0 Å². The molecule has 0 saturated carbocycles. The van der Waals surface area contributed by atoms with Gasteiger partial charge in [-0.05, 0) is 6.92 Å². The highest BCUT2D eigenvalue weighted by Crippen LogP contribution is 2.25. The first-order valence-corrected chi connectivity index (χ1v) is 6.60. The molecule has 5 nitrogen and oxygen atoms in total. The number of aryl methyl sites for hydroxylation is 1. The van der Waals surface area contributed by atoms with E-state index >= 15 is 0 Å². The molecule has 1 N–H and O–H groups in total. The Morgan fingerprint density at radius 3 is 2.94 bits per heavy atom. The summed E-state index contributed by atoms with van der Waals surface area (Å²) in [6.45, 7) is 1.81. The van der Waals surface area contributed by atoms with Crippen LogP contribution in [0.3, 0.4) is 0 Å². The Morgan fingerprint density at radius 1 is 1.62 bits per heavy atom. The molecule has 86 valence electrons. The fourth-order valence-electron chi connectivity index (χ4n) is 1.45. The number of nitrogens with zero attached hydrogens (tertiary/aromatic N) is 2. The molecule has 1 aliphatic rings. The molecule has 0 unspecified atom stereocenters. The van der Waals surface area contributed by atoms with E-state index in [1.54, 1.807) is 0 Å². The summed E-state index contributed by atoms with van der Waals surface area (Å²) >= 11 is 2.75. The minimum atomic E-state index is -0.945. The first-order chi connectivity index (χ1) is 7.59. The summed E-state index contributed by atoms with van der Waals surface area (Å²) in [5.74, 6) is -0.284. The zero-order valence-corrected chi connectivity index (χ0v) is 10.2. The average molecular weight is 258 g/mol. The number of carboxylic acids is 1. The van der Waals surface area contributed by atoms with Crippen LogP contribution in [0.25, 0.3) is 0 Å². The SMILES string of the molecule is Cc1ncc(C(=O)N2CSC[C@H]2C(=O)O)s1. The van der Waals surface area contributed by atoms with Crippen LogP contribution in [-0.4, -0.2) is 44.5 Å². The number of rotatable bonds is 2. The van der Waals surface area contributed by atoms with Gasteiger partial charge in [-0.3, -0.25) is 4.79 Å². The average Bonchev–Trinajstić information content (AvgIpc) is 2.84. The van der Waals surface area contributed by atoms with Gasteiger partial charge in [-0.25, -0.2) is 9.78 Å². The van der Waals surface area contributed by atoms with Gasteiger partial charge >= 0.3 is 5.97 Å². The highest BCUT2D eigenvalue weighted by atomic mass is 32.2. The van der Waals surface area contributed by atoms with E-state index in [0.29, 0.717) is 16.5 Å². The number of thioether (sulfide) groups is 1. The van der Waals surface area contributed by atoms with Crippen LogP contribution in [0.2, 0.25) is 0 Å². The maximum absolute atomic E-state index is 12.0. The van der Waals surface area contributed by atoms with Crippen molar-refractivity contribution >= 4 is 35.0 Å². The van der Waals surface area contributed by atoms with E-state index in [0.717, 1.165) is 5.01 Å². The third kappa shape index (κ3) is 2.05. The standard InChI is InChI=1S/C9H10N2O3S2/c1-5-10-2-7(16-5)8(12)11-4-15-3-6(11)9(13)14/h2,6H,3-4H2,1H3,(H,13,14)/t6-/m0/s1. The summed E-state index contributed by atoms with van der Waals surface area (Å²) in [6, 6.07) is -0.708. The van der Waals surface area contributed by atoms with Crippen molar-refractivity contribution in [2.75, 3.05) is 11.6 Å². The fourth-order valence-corrected chi connectivity index (χ4v) is 3.33. The number of aliphatic carboxylic acids is 1. The van der Waals surface area contributed by atoms with E-state index in [2.05, 4.69) is 4.98 Å². The molecule has 0 aromatic carbocycles. The lowest BCUT2D eigenvalue weighted by Crippen LogP contribution is -2.41. The molecule has 1 aliphatic heterocycles. The van der Waals surface area contributed by atoms with Crippen LogP contribution in [0.1, 0.15) is 14.7 Å². The molecule has 2 rings (SSSR count). The molecule has 2 heterocycles. The highest BCUT2D eigenvalue weighted by molar-refractivity contribution is 7.99. The Balaban J connectivity index is 2.18. The quantitative estimate of drug-likeness (QED) is 0.858. The molecule has 0 spiro atoms. The van der Waals surface area contributed by atoms with Crippen molar-refractivity contribution < 1.29 is 14.7 Å². The van der Waals surface area contributed by atoms with Crippen molar-refractivity contribution in [2.45, 2.75) is 13.0 Å². The molecule has 1 atom stereocenters. The molecule has 1 fully saturated rings. The van der Waals surface area contributed by atoms with Crippen LogP contribution >= 0.6 is 23.1 Å². The Labute approximate surface area is 100 Å². The van der Waals surface area contributed by atoms with Crippen LogP contribution in [0.15, 0.2) is 6.20 Å². The van der Waals surface area contributed by atoms with E-state index < -0.39 is 12.0 Å². The second kappa shape index (κ2) is 4.42. The smallest absolute Gasteiger partial charge is 0.327 e. The largest absolute Gasteiger partial charge is 0.480 e. The van der Waals surface area contributed by atoms with E-state index in [9.17, 15) is 9.59 Å². The van der Waals surface area contributed by atoms with Crippen molar-refractivity contribution in [1.29, 1.82) is 0 Å². The lowest BCUT2D eigenvalue weighted by Gasteiger charge is -2.19. The number of thiazole rings is 1. The van der Waals surface area contributed by atoms with Gasteiger partial charge in [0, 0.05) is 5.75 Å². The fraction of sp³-hybridized carbons (Fsp3) is 0.444. The van der Waals surface area contributed by atoms with Gasteiger partial charge in [0.2, 0.25) is 0 Å². The molecule has 0 aliphatic carbocycles. The van der Waals surface area contributed by atoms with Crippen LogP contribution < -0.4 is 0 Å². The molecule has 1 saturated heterocycles. The monoisotopic (exact) mass is 258 g/mol. The second-order valence-corrected chi connectivity index (χ2v) is 5.61. The number of hydrogen-bond acceptors (Lipinski definition) is 5. The number of hydrogen-bond donors (Lipinski definition) is 1.